The van der Waals surface area contributed by atoms with Crippen molar-refractivity contribution in [3.63, 3.8) is 0 Å². The van der Waals surface area contributed by atoms with Gasteiger partial charge in [0.15, 0.2) is 0 Å². The lowest BCUT2D eigenvalue weighted by Crippen LogP contribution is -2.41. The van der Waals surface area contributed by atoms with Crippen molar-refractivity contribution < 1.29 is 9.68 Å². The van der Waals surface area contributed by atoms with Crippen LogP contribution in [-0.2, 0) is 16.1 Å². The fraction of sp³-hybridized carbons (Fsp3) is 0.571. The average Bonchev–Trinajstić information content (AvgIpc) is 2.48. The largest absolute Gasteiger partial charge is 0.239 e. The summed E-state index contributed by atoms with van der Waals surface area (Å²) in [5.41, 5.74) is 1.57. The minimum atomic E-state index is -0.337. The van der Waals surface area contributed by atoms with Crippen LogP contribution in [0.4, 0.5) is 5.69 Å². The molecule has 0 atom stereocenters. The number of hydrogen-bond donors (Lipinski definition) is 0. The molecule has 0 aliphatic carbocycles. The average molecular weight is 235 g/mol. The van der Waals surface area contributed by atoms with E-state index in [0.717, 1.165) is 12.1 Å². The second-order valence-electron chi connectivity index (χ2n) is 5.48. The Labute approximate surface area is 103 Å². The molecule has 1 heterocycles. The van der Waals surface area contributed by atoms with E-state index in [1.807, 2.05) is 39.8 Å². The molecular weight excluding hydrogens is 214 g/mol. The zero-order valence-electron chi connectivity index (χ0n) is 11.3. The predicted octanol–water partition coefficient (Wildman–Crippen LogP) is 3.49. The zero-order chi connectivity index (χ0) is 12.7. The van der Waals surface area contributed by atoms with Gasteiger partial charge in [0.2, 0.25) is 0 Å². The molecule has 1 aliphatic rings. The molecule has 0 N–H and O–H groups in total. The molecule has 0 saturated carbocycles. The maximum atomic E-state index is 5.83. The SMILES string of the molecule is CCc1ccc(N2OC(C)(C)C(C)(C)O2)cc1. The normalized spacial score (nSPS) is 21.8. The van der Waals surface area contributed by atoms with Gasteiger partial charge in [-0.2, -0.15) is 0 Å². The van der Waals surface area contributed by atoms with Gasteiger partial charge in [-0.1, -0.05) is 19.1 Å². The molecule has 0 amide bonds. The maximum absolute atomic E-state index is 5.83. The molecule has 0 unspecified atom stereocenters. The Morgan fingerprint density at radius 2 is 1.41 bits per heavy atom. The number of benzene rings is 1. The topological polar surface area (TPSA) is 21.7 Å². The van der Waals surface area contributed by atoms with Gasteiger partial charge in [0.25, 0.3) is 0 Å². The van der Waals surface area contributed by atoms with Gasteiger partial charge in [-0.15, -0.1) is 5.23 Å². The molecule has 2 rings (SSSR count). The third-order valence-electron chi connectivity index (χ3n) is 3.63. The Morgan fingerprint density at radius 3 is 1.82 bits per heavy atom. The van der Waals surface area contributed by atoms with E-state index < -0.39 is 0 Å². The summed E-state index contributed by atoms with van der Waals surface area (Å²) in [6.07, 6.45) is 1.04. The molecule has 17 heavy (non-hydrogen) atoms. The van der Waals surface area contributed by atoms with Crippen molar-refractivity contribution in [2.45, 2.75) is 52.2 Å². The first-order chi connectivity index (χ1) is 7.86. The number of aryl methyl sites for hydroxylation is 1. The lowest BCUT2D eigenvalue weighted by Gasteiger charge is -2.26. The first-order valence-corrected chi connectivity index (χ1v) is 6.13. The van der Waals surface area contributed by atoms with Gasteiger partial charge in [-0.3, -0.25) is 0 Å². The van der Waals surface area contributed by atoms with E-state index in [-0.39, 0.29) is 11.2 Å². The minimum Gasteiger partial charge on any atom is -0.239 e. The third-order valence-corrected chi connectivity index (χ3v) is 3.63. The summed E-state index contributed by atoms with van der Waals surface area (Å²) in [4.78, 5) is 11.7. The highest BCUT2D eigenvalue weighted by molar-refractivity contribution is 5.44. The Hall–Kier alpha value is -1.06. The summed E-state index contributed by atoms with van der Waals surface area (Å²) in [5.74, 6) is 0. The van der Waals surface area contributed by atoms with Crippen molar-refractivity contribution in [2.24, 2.45) is 0 Å². The molecule has 94 valence electrons. The molecule has 0 spiro atoms. The van der Waals surface area contributed by atoms with Crippen molar-refractivity contribution in [1.29, 1.82) is 0 Å². The number of anilines is 1. The highest BCUT2D eigenvalue weighted by Gasteiger charge is 2.49. The second kappa shape index (κ2) is 4.00. The molecule has 3 heteroatoms. The highest BCUT2D eigenvalue weighted by Crippen LogP contribution is 2.39. The molecule has 1 saturated heterocycles. The lowest BCUT2D eigenvalue weighted by atomic mass is 9.90. The minimum absolute atomic E-state index is 0.337. The summed E-state index contributed by atoms with van der Waals surface area (Å²) in [7, 11) is 0. The Balaban J connectivity index is 2.20. The Morgan fingerprint density at radius 1 is 0.941 bits per heavy atom. The predicted molar refractivity (Wildman–Crippen MR) is 68.6 cm³/mol. The Kier molecular flexibility index (Phi) is 2.92. The van der Waals surface area contributed by atoms with Crippen molar-refractivity contribution in [1.82, 2.24) is 0 Å². The molecule has 1 aromatic carbocycles. The molecule has 1 aromatic rings. The van der Waals surface area contributed by atoms with Gasteiger partial charge in [0.1, 0.15) is 11.2 Å². The smallest absolute Gasteiger partial charge is 0.124 e. The number of nitrogens with zero attached hydrogens (tertiary/aromatic N) is 1. The molecule has 1 fully saturated rings. The van der Waals surface area contributed by atoms with E-state index in [9.17, 15) is 0 Å². The van der Waals surface area contributed by atoms with Gasteiger partial charge in [-0.25, -0.2) is 9.68 Å². The molecule has 0 aromatic heterocycles. The van der Waals surface area contributed by atoms with E-state index in [4.69, 9.17) is 9.68 Å². The zero-order valence-corrected chi connectivity index (χ0v) is 11.3. The quantitative estimate of drug-likeness (QED) is 0.783. The van der Waals surface area contributed by atoms with Crippen LogP contribution >= 0.6 is 0 Å². The van der Waals surface area contributed by atoms with Crippen LogP contribution in [0.25, 0.3) is 0 Å². The van der Waals surface area contributed by atoms with Crippen LogP contribution in [0.5, 0.6) is 0 Å². The van der Waals surface area contributed by atoms with Crippen LogP contribution in [0.2, 0.25) is 0 Å². The first-order valence-electron chi connectivity index (χ1n) is 6.13. The van der Waals surface area contributed by atoms with Gasteiger partial charge < -0.3 is 0 Å². The van der Waals surface area contributed by atoms with E-state index >= 15 is 0 Å². The van der Waals surface area contributed by atoms with Crippen molar-refractivity contribution in [3.05, 3.63) is 29.8 Å². The number of rotatable bonds is 2. The van der Waals surface area contributed by atoms with E-state index in [0.29, 0.717) is 0 Å². The molecule has 0 bridgehead atoms. The molecule has 0 radical (unpaired) electrons. The monoisotopic (exact) mass is 235 g/mol. The lowest BCUT2D eigenvalue weighted by molar-refractivity contribution is -0.0273. The number of hydrogen-bond acceptors (Lipinski definition) is 3. The van der Waals surface area contributed by atoms with Crippen LogP contribution in [0.3, 0.4) is 0 Å². The van der Waals surface area contributed by atoms with Gasteiger partial charge in [0.05, 0.1) is 5.69 Å². The van der Waals surface area contributed by atoms with E-state index in [1.165, 1.54) is 10.8 Å². The summed E-state index contributed by atoms with van der Waals surface area (Å²) in [5, 5.41) is 1.53. The van der Waals surface area contributed by atoms with E-state index in [2.05, 4.69) is 19.1 Å². The van der Waals surface area contributed by atoms with Gasteiger partial charge >= 0.3 is 0 Å². The summed E-state index contributed by atoms with van der Waals surface area (Å²) >= 11 is 0. The highest BCUT2D eigenvalue weighted by atomic mass is 17.0. The fourth-order valence-electron chi connectivity index (χ4n) is 1.61. The van der Waals surface area contributed by atoms with Crippen LogP contribution in [-0.4, -0.2) is 11.2 Å². The third kappa shape index (κ3) is 2.17. The standard InChI is InChI=1S/C14H21NO2/c1-6-11-7-9-12(10-8-11)15-16-13(2,3)14(4,5)17-15/h7-10H,6H2,1-5H3. The summed E-state index contributed by atoms with van der Waals surface area (Å²) in [6.45, 7) is 10.3. The maximum Gasteiger partial charge on any atom is 0.124 e. The first kappa shape index (κ1) is 12.4. The van der Waals surface area contributed by atoms with Gasteiger partial charge in [-0.05, 0) is 51.8 Å². The van der Waals surface area contributed by atoms with Crippen molar-refractivity contribution in [3.8, 4) is 0 Å². The van der Waals surface area contributed by atoms with Gasteiger partial charge in [0, 0.05) is 0 Å². The van der Waals surface area contributed by atoms with Crippen LogP contribution in [0.15, 0.2) is 24.3 Å². The van der Waals surface area contributed by atoms with Crippen molar-refractivity contribution >= 4 is 5.69 Å². The van der Waals surface area contributed by atoms with Crippen LogP contribution < -0.4 is 5.23 Å². The second-order valence-corrected chi connectivity index (χ2v) is 5.48. The van der Waals surface area contributed by atoms with Crippen LogP contribution in [0.1, 0.15) is 40.2 Å². The van der Waals surface area contributed by atoms with E-state index in [1.54, 1.807) is 0 Å². The van der Waals surface area contributed by atoms with Crippen molar-refractivity contribution in [2.75, 3.05) is 5.23 Å². The summed E-state index contributed by atoms with van der Waals surface area (Å²) in [6, 6.07) is 8.24. The van der Waals surface area contributed by atoms with Crippen LogP contribution in [0, 0.1) is 0 Å². The Bertz CT molecular complexity index is 379. The summed E-state index contributed by atoms with van der Waals surface area (Å²) < 4.78 is 0. The molecular formula is C14H21NO2. The molecule has 1 aliphatic heterocycles. The fourth-order valence-corrected chi connectivity index (χ4v) is 1.61. The molecule has 3 nitrogen and oxygen atoms in total.